The van der Waals surface area contributed by atoms with E-state index in [0.717, 1.165) is 5.56 Å². The van der Waals surface area contributed by atoms with Gasteiger partial charge in [0.05, 0.1) is 18.4 Å². The predicted octanol–water partition coefficient (Wildman–Crippen LogP) is 3.00. The van der Waals surface area contributed by atoms with Crippen molar-refractivity contribution in [2.24, 2.45) is 5.16 Å². The summed E-state index contributed by atoms with van der Waals surface area (Å²) >= 11 is 0. The Balaban J connectivity index is 2.14. The van der Waals surface area contributed by atoms with E-state index < -0.39 is 0 Å². The van der Waals surface area contributed by atoms with Crippen LogP contribution in [0.3, 0.4) is 0 Å². The topological polar surface area (TPSA) is 30.8 Å². The van der Waals surface area contributed by atoms with E-state index in [2.05, 4.69) is 5.16 Å². The lowest BCUT2D eigenvalue weighted by Crippen LogP contribution is -2.20. The number of hydrogen-bond donors (Lipinski definition) is 0. The third-order valence-corrected chi connectivity index (χ3v) is 1.81. The fraction of sp³-hybridized carbons (Fsp3) is 0.462. The maximum atomic E-state index is 5.45. The minimum Gasteiger partial charge on any atom is -0.391 e. The molecule has 3 heteroatoms. The van der Waals surface area contributed by atoms with Gasteiger partial charge in [0.15, 0.2) is 0 Å². The lowest BCUT2D eigenvalue weighted by atomic mass is 10.2. The van der Waals surface area contributed by atoms with E-state index in [1.165, 1.54) is 0 Å². The molecule has 0 aliphatic carbocycles. The molecule has 0 radical (unpaired) electrons. The number of benzene rings is 1. The molecule has 0 amide bonds. The molecule has 1 aromatic carbocycles. The van der Waals surface area contributed by atoms with Gasteiger partial charge in [0.2, 0.25) is 0 Å². The van der Waals surface area contributed by atoms with Crippen molar-refractivity contribution in [1.82, 2.24) is 0 Å². The Morgan fingerprint density at radius 1 is 1.19 bits per heavy atom. The van der Waals surface area contributed by atoms with Crippen molar-refractivity contribution in [2.45, 2.75) is 33.0 Å². The Hall–Kier alpha value is -1.35. The predicted molar refractivity (Wildman–Crippen MR) is 65.4 cm³/mol. The van der Waals surface area contributed by atoms with Crippen LogP contribution in [0.1, 0.15) is 26.3 Å². The molecule has 0 saturated heterocycles. The molecular formula is C13H19NO2. The van der Waals surface area contributed by atoms with Crippen molar-refractivity contribution in [3.63, 3.8) is 0 Å². The van der Waals surface area contributed by atoms with Crippen molar-refractivity contribution < 1.29 is 9.57 Å². The summed E-state index contributed by atoms with van der Waals surface area (Å²) in [6.07, 6.45) is 1.63. The highest BCUT2D eigenvalue weighted by molar-refractivity contribution is 5.57. The van der Waals surface area contributed by atoms with Crippen molar-refractivity contribution in [3.05, 3.63) is 35.9 Å². The second kappa shape index (κ2) is 6.28. The standard InChI is InChI=1S/C13H19NO2/c1-13(2,3)15-10-9-14-16-11-12-7-5-4-6-8-12/h4-9H,10-11H2,1-3H3/b14-9+. The second-order valence-corrected chi connectivity index (χ2v) is 4.47. The highest BCUT2D eigenvalue weighted by atomic mass is 16.6. The first-order chi connectivity index (χ1) is 7.58. The molecule has 1 rings (SSSR count). The van der Waals surface area contributed by atoms with Crippen LogP contribution in [0.25, 0.3) is 0 Å². The first-order valence-corrected chi connectivity index (χ1v) is 5.39. The maximum absolute atomic E-state index is 5.45. The van der Waals surface area contributed by atoms with Crippen molar-refractivity contribution in [2.75, 3.05) is 6.61 Å². The lowest BCUT2D eigenvalue weighted by Gasteiger charge is -2.17. The van der Waals surface area contributed by atoms with Crippen LogP contribution in [-0.4, -0.2) is 18.4 Å². The van der Waals surface area contributed by atoms with Gasteiger partial charge in [-0.1, -0.05) is 35.5 Å². The molecule has 0 aliphatic heterocycles. The third-order valence-electron chi connectivity index (χ3n) is 1.81. The zero-order valence-electron chi connectivity index (χ0n) is 10.1. The fourth-order valence-corrected chi connectivity index (χ4v) is 1.06. The summed E-state index contributed by atoms with van der Waals surface area (Å²) in [7, 11) is 0. The van der Waals surface area contributed by atoms with Gasteiger partial charge in [-0.25, -0.2) is 0 Å². The molecule has 0 aromatic heterocycles. The van der Waals surface area contributed by atoms with Gasteiger partial charge in [-0.05, 0) is 26.3 Å². The Labute approximate surface area is 97.1 Å². The van der Waals surface area contributed by atoms with E-state index in [0.29, 0.717) is 13.2 Å². The molecule has 0 fully saturated rings. The van der Waals surface area contributed by atoms with Gasteiger partial charge in [0, 0.05) is 0 Å². The SMILES string of the molecule is CC(C)(C)OC/C=N/OCc1ccccc1. The van der Waals surface area contributed by atoms with Gasteiger partial charge in [-0.15, -0.1) is 0 Å². The molecule has 1 aromatic rings. The Morgan fingerprint density at radius 2 is 1.88 bits per heavy atom. The van der Waals surface area contributed by atoms with E-state index in [1.807, 2.05) is 51.1 Å². The van der Waals surface area contributed by atoms with Crippen molar-refractivity contribution in [3.8, 4) is 0 Å². The van der Waals surface area contributed by atoms with Gasteiger partial charge >= 0.3 is 0 Å². The average molecular weight is 221 g/mol. The first-order valence-electron chi connectivity index (χ1n) is 5.39. The highest BCUT2D eigenvalue weighted by Crippen LogP contribution is 2.05. The van der Waals surface area contributed by atoms with Crippen molar-refractivity contribution in [1.29, 1.82) is 0 Å². The summed E-state index contributed by atoms with van der Waals surface area (Å²) in [5.41, 5.74) is 0.974. The monoisotopic (exact) mass is 221 g/mol. The zero-order chi connectivity index (χ0) is 11.9. The highest BCUT2D eigenvalue weighted by Gasteiger charge is 2.07. The second-order valence-electron chi connectivity index (χ2n) is 4.47. The molecule has 0 spiro atoms. The Bertz CT molecular complexity index is 314. The van der Waals surface area contributed by atoms with Crippen LogP contribution in [0, 0.1) is 0 Å². The number of hydrogen-bond acceptors (Lipinski definition) is 3. The largest absolute Gasteiger partial charge is 0.391 e. The molecule has 16 heavy (non-hydrogen) atoms. The molecule has 0 aliphatic rings. The first kappa shape index (κ1) is 12.7. The zero-order valence-corrected chi connectivity index (χ0v) is 10.1. The minimum atomic E-state index is -0.133. The van der Waals surface area contributed by atoms with Crippen molar-refractivity contribution >= 4 is 6.21 Å². The van der Waals surface area contributed by atoms with Gasteiger partial charge < -0.3 is 9.57 Å². The third kappa shape index (κ3) is 6.19. The van der Waals surface area contributed by atoms with Crippen LogP contribution >= 0.6 is 0 Å². The smallest absolute Gasteiger partial charge is 0.142 e. The summed E-state index contributed by atoms with van der Waals surface area (Å²) in [5.74, 6) is 0. The number of rotatable bonds is 5. The normalized spacial score (nSPS) is 11.9. The van der Waals surface area contributed by atoms with E-state index >= 15 is 0 Å². The summed E-state index contributed by atoms with van der Waals surface area (Å²) in [6, 6.07) is 9.93. The molecule has 0 unspecified atom stereocenters. The van der Waals surface area contributed by atoms with Gasteiger partial charge in [-0.2, -0.15) is 0 Å². The molecule has 0 N–H and O–H groups in total. The average Bonchev–Trinajstić information content (AvgIpc) is 2.23. The van der Waals surface area contributed by atoms with E-state index in [-0.39, 0.29) is 5.60 Å². The molecule has 0 atom stereocenters. The quantitative estimate of drug-likeness (QED) is 0.565. The van der Waals surface area contributed by atoms with Crippen LogP contribution in [-0.2, 0) is 16.2 Å². The van der Waals surface area contributed by atoms with E-state index in [4.69, 9.17) is 9.57 Å². The van der Waals surface area contributed by atoms with Crippen LogP contribution in [0.5, 0.6) is 0 Å². The van der Waals surface area contributed by atoms with Crippen LogP contribution in [0.2, 0.25) is 0 Å². The summed E-state index contributed by atoms with van der Waals surface area (Å²) in [4.78, 5) is 5.12. The molecule has 0 saturated carbocycles. The summed E-state index contributed by atoms with van der Waals surface area (Å²) in [6.45, 7) is 6.98. The maximum Gasteiger partial charge on any atom is 0.142 e. The van der Waals surface area contributed by atoms with Gasteiger partial charge in [-0.3, -0.25) is 0 Å². The molecular weight excluding hydrogens is 202 g/mol. The minimum absolute atomic E-state index is 0.133. The number of nitrogens with zero attached hydrogens (tertiary/aromatic N) is 1. The Morgan fingerprint density at radius 3 is 2.50 bits per heavy atom. The summed E-state index contributed by atoms with van der Waals surface area (Å²) in [5, 5.41) is 3.82. The van der Waals surface area contributed by atoms with E-state index in [1.54, 1.807) is 6.21 Å². The molecule has 0 bridgehead atoms. The van der Waals surface area contributed by atoms with Gasteiger partial charge in [0.25, 0.3) is 0 Å². The molecule has 0 heterocycles. The fourth-order valence-electron chi connectivity index (χ4n) is 1.06. The van der Waals surface area contributed by atoms with E-state index in [9.17, 15) is 0 Å². The lowest BCUT2D eigenvalue weighted by molar-refractivity contribution is 0.0210. The molecule has 88 valence electrons. The number of oxime groups is 1. The summed E-state index contributed by atoms with van der Waals surface area (Å²) < 4.78 is 5.45. The number of ether oxygens (including phenoxy) is 1. The van der Waals surface area contributed by atoms with Crippen LogP contribution < -0.4 is 0 Å². The Kier molecular flexibility index (Phi) is 4.99. The van der Waals surface area contributed by atoms with Crippen LogP contribution in [0.15, 0.2) is 35.5 Å². The molecule has 3 nitrogen and oxygen atoms in total. The van der Waals surface area contributed by atoms with Crippen LogP contribution in [0.4, 0.5) is 0 Å². The van der Waals surface area contributed by atoms with Gasteiger partial charge in [0.1, 0.15) is 6.61 Å².